The maximum absolute atomic E-state index is 11.7. The number of unbranched alkanes of at least 4 members (excludes halogenated alkanes) is 1. The van der Waals surface area contributed by atoms with Crippen molar-refractivity contribution in [2.75, 3.05) is 18.6 Å². The van der Waals surface area contributed by atoms with Crippen molar-refractivity contribution in [2.24, 2.45) is 0 Å². The molecule has 0 radical (unpaired) electrons. The first-order valence-corrected chi connectivity index (χ1v) is 7.11. The van der Waals surface area contributed by atoms with E-state index in [0.717, 1.165) is 24.2 Å². The number of nitrogens with one attached hydrogen (secondary N) is 1. The monoisotopic (exact) mass is 253 g/mol. The van der Waals surface area contributed by atoms with Crippen LogP contribution in [0, 0.1) is 6.92 Å². The second-order valence-corrected chi connectivity index (χ2v) is 4.94. The van der Waals surface area contributed by atoms with Crippen LogP contribution in [0.25, 0.3) is 0 Å². The Hall–Kier alpha value is -1.16. The molecule has 17 heavy (non-hydrogen) atoms. The second-order valence-electron chi connectivity index (χ2n) is 3.96. The SMILES string of the molecule is CSCCCCNC(=O)c1ccc(C)c(O)c1. The number of hydrogen-bond donors (Lipinski definition) is 2. The molecule has 0 saturated heterocycles. The zero-order valence-corrected chi connectivity index (χ0v) is 11.1. The molecule has 0 bridgehead atoms. The molecule has 0 aliphatic carbocycles. The van der Waals surface area contributed by atoms with Crippen LogP contribution in [0.3, 0.4) is 0 Å². The topological polar surface area (TPSA) is 49.3 Å². The highest BCUT2D eigenvalue weighted by Gasteiger charge is 2.06. The van der Waals surface area contributed by atoms with Crippen LogP contribution in [0.4, 0.5) is 0 Å². The first-order chi connectivity index (χ1) is 8.15. The standard InChI is InChI=1S/C13H19NO2S/c1-10-5-6-11(9-12(10)15)13(16)14-7-3-4-8-17-2/h5-6,9,15H,3-4,7-8H2,1-2H3,(H,14,16). The van der Waals surface area contributed by atoms with Crippen molar-refractivity contribution in [1.29, 1.82) is 0 Å². The average Bonchev–Trinajstić information content (AvgIpc) is 2.32. The molecule has 1 aromatic carbocycles. The van der Waals surface area contributed by atoms with Gasteiger partial charge < -0.3 is 10.4 Å². The van der Waals surface area contributed by atoms with Gasteiger partial charge in [-0.25, -0.2) is 0 Å². The number of thioether (sulfide) groups is 1. The van der Waals surface area contributed by atoms with Crippen LogP contribution in [0.5, 0.6) is 5.75 Å². The molecule has 2 N–H and O–H groups in total. The Morgan fingerprint density at radius 1 is 1.41 bits per heavy atom. The van der Waals surface area contributed by atoms with Crippen LogP contribution in [0.2, 0.25) is 0 Å². The molecule has 1 aromatic rings. The lowest BCUT2D eigenvalue weighted by atomic mass is 10.1. The van der Waals surface area contributed by atoms with E-state index in [1.165, 1.54) is 6.07 Å². The molecular formula is C13H19NO2S. The molecule has 0 fully saturated rings. The molecular weight excluding hydrogens is 234 g/mol. The lowest BCUT2D eigenvalue weighted by molar-refractivity contribution is 0.0953. The number of aryl methyl sites for hydroxylation is 1. The molecule has 0 heterocycles. The summed E-state index contributed by atoms with van der Waals surface area (Å²) in [6, 6.07) is 4.98. The van der Waals surface area contributed by atoms with E-state index >= 15 is 0 Å². The van der Waals surface area contributed by atoms with Crippen LogP contribution >= 0.6 is 11.8 Å². The largest absolute Gasteiger partial charge is 0.508 e. The Kier molecular flexibility index (Phi) is 5.91. The third kappa shape index (κ3) is 4.69. The van der Waals surface area contributed by atoms with Gasteiger partial charge in [0, 0.05) is 12.1 Å². The minimum Gasteiger partial charge on any atom is -0.508 e. The summed E-state index contributed by atoms with van der Waals surface area (Å²) in [7, 11) is 0. The molecule has 0 atom stereocenters. The van der Waals surface area contributed by atoms with Crippen molar-refractivity contribution in [3.8, 4) is 5.75 Å². The van der Waals surface area contributed by atoms with Gasteiger partial charge in [0.1, 0.15) is 5.75 Å². The summed E-state index contributed by atoms with van der Waals surface area (Å²) in [5.41, 5.74) is 1.29. The Labute approximate surface area is 107 Å². The molecule has 1 rings (SSSR count). The van der Waals surface area contributed by atoms with Gasteiger partial charge in [0.25, 0.3) is 5.91 Å². The Morgan fingerprint density at radius 2 is 2.18 bits per heavy atom. The van der Waals surface area contributed by atoms with Gasteiger partial charge in [-0.1, -0.05) is 6.07 Å². The quantitative estimate of drug-likeness (QED) is 0.766. The van der Waals surface area contributed by atoms with Crippen LogP contribution in [-0.2, 0) is 0 Å². The minimum absolute atomic E-state index is 0.121. The van der Waals surface area contributed by atoms with Crippen LogP contribution in [0.15, 0.2) is 18.2 Å². The van der Waals surface area contributed by atoms with E-state index in [9.17, 15) is 9.90 Å². The molecule has 0 aromatic heterocycles. The molecule has 94 valence electrons. The number of aromatic hydroxyl groups is 1. The summed E-state index contributed by atoms with van der Waals surface area (Å²) in [4.78, 5) is 11.7. The number of phenols is 1. The lowest BCUT2D eigenvalue weighted by Crippen LogP contribution is -2.24. The van der Waals surface area contributed by atoms with Gasteiger partial charge >= 0.3 is 0 Å². The number of benzene rings is 1. The summed E-state index contributed by atoms with van der Waals surface area (Å²) < 4.78 is 0. The van der Waals surface area contributed by atoms with Crippen molar-refractivity contribution in [2.45, 2.75) is 19.8 Å². The first-order valence-electron chi connectivity index (χ1n) is 5.72. The molecule has 0 spiro atoms. The second kappa shape index (κ2) is 7.22. The number of phenolic OH excluding ortho intramolecular Hbond substituents is 1. The number of carbonyl (C=O) groups is 1. The van der Waals surface area contributed by atoms with E-state index in [-0.39, 0.29) is 11.7 Å². The molecule has 4 heteroatoms. The molecule has 1 amide bonds. The fourth-order valence-corrected chi connectivity index (χ4v) is 1.92. The Bertz CT molecular complexity index is 380. The predicted octanol–water partition coefficient (Wildman–Crippen LogP) is 2.57. The van der Waals surface area contributed by atoms with Crippen molar-refractivity contribution < 1.29 is 9.90 Å². The number of amides is 1. The van der Waals surface area contributed by atoms with E-state index in [1.54, 1.807) is 19.1 Å². The first kappa shape index (κ1) is 13.9. The van der Waals surface area contributed by atoms with Crippen molar-refractivity contribution in [3.05, 3.63) is 29.3 Å². The third-order valence-corrected chi connectivity index (χ3v) is 3.23. The lowest BCUT2D eigenvalue weighted by Gasteiger charge is -2.06. The van der Waals surface area contributed by atoms with Crippen molar-refractivity contribution in [3.63, 3.8) is 0 Å². The minimum atomic E-state index is -0.121. The summed E-state index contributed by atoms with van der Waals surface area (Å²) in [5.74, 6) is 1.17. The zero-order valence-electron chi connectivity index (χ0n) is 10.3. The van der Waals surface area contributed by atoms with E-state index in [2.05, 4.69) is 11.6 Å². The maximum atomic E-state index is 11.7. The third-order valence-electron chi connectivity index (χ3n) is 2.53. The van der Waals surface area contributed by atoms with Crippen molar-refractivity contribution >= 4 is 17.7 Å². The maximum Gasteiger partial charge on any atom is 0.251 e. The highest BCUT2D eigenvalue weighted by Crippen LogP contribution is 2.17. The number of hydrogen-bond acceptors (Lipinski definition) is 3. The summed E-state index contributed by atoms with van der Waals surface area (Å²) >= 11 is 1.81. The highest BCUT2D eigenvalue weighted by molar-refractivity contribution is 7.98. The Balaban J connectivity index is 2.39. The van der Waals surface area contributed by atoms with Gasteiger partial charge in [-0.3, -0.25) is 4.79 Å². The molecule has 0 aliphatic rings. The van der Waals surface area contributed by atoms with Crippen LogP contribution in [0.1, 0.15) is 28.8 Å². The zero-order chi connectivity index (χ0) is 12.7. The van der Waals surface area contributed by atoms with Crippen LogP contribution in [-0.4, -0.2) is 29.6 Å². The average molecular weight is 253 g/mol. The van der Waals surface area contributed by atoms with Gasteiger partial charge in [-0.05, 0) is 49.5 Å². The van der Waals surface area contributed by atoms with Gasteiger partial charge in [-0.15, -0.1) is 0 Å². The fourth-order valence-electron chi connectivity index (χ4n) is 1.43. The highest BCUT2D eigenvalue weighted by atomic mass is 32.2. The molecule has 0 saturated carbocycles. The molecule has 0 aliphatic heterocycles. The van der Waals surface area contributed by atoms with Gasteiger partial charge in [0.05, 0.1) is 0 Å². The molecule has 0 unspecified atom stereocenters. The normalized spacial score (nSPS) is 10.2. The summed E-state index contributed by atoms with van der Waals surface area (Å²) in [6.07, 6.45) is 4.18. The van der Waals surface area contributed by atoms with Gasteiger partial charge in [-0.2, -0.15) is 11.8 Å². The van der Waals surface area contributed by atoms with E-state index in [4.69, 9.17) is 0 Å². The van der Waals surface area contributed by atoms with Crippen molar-refractivity contribution in [1.82, 2.24) is 5.32 Å². The van der Waals surface area contributed by atoms with Gasteiger partial charge in [0.2, 0.25) is 0 Å². The predicted molar refractivity (Wildman–Crippen MR) is 72.8 cm³/mol. The fraction of sp³-hybridized carbons (Fsp3) is 0.462. The van der Waals surface area contributed by atoms with E-state index in [1.807, 2.05) is 11.8 Å². The van der Waals surface area contributed by atoms with Gasteiger partial charge in [0.15, 0.2) is 0 Å². The van der Waals surface area contributed by atoms with E-state index in [0.29, 0.717) is 12.1 Å². The smallest absolute Gasteiger partial charge is 0.251 e. The summed E-state index contributed by atoms with van der Waals surface area (Å²) in [5, 5.41) is 12.4. The van der Waals surface area contributed by atoms with Crippen LogP contribution < -0.4 is 5.32 Å². The summed E-state index contributed by atoms with van der Waals surface area (Å²) in [6.45, 7) is 2.49. The van der Waals surface area contributed by atoms with E-state index < -0.39 is 0 Å². The Morgan fingerprint density at radius 3 is 2.82 bits per heavy atom. The number of carbonyl (C=O) groups excluding carboxylic acids is 1. The number of rotatable bonds is 6. The molecule has 3 nitrogen and oxygen atoms in total.